The standard InChI is InChI=1S/C17H22N2O4S/c1-4-22-13-7-5-12(6-8-13)15-14(11(2)18-17(21)19-15)16(20)23-9-10-24-3/h5-8,15H,4,9-10H2,1-3H3,(H2,18,19,21). The summed E-state index contributed by atoms with van der Waals surface area (Å²) in [6, 6.07) is 6.43. The molecule has 0 fully saturated rings. The molecule has 0 bridgehead atoms. The summed E-state index contributed by atoms with van der Waals surface area (Å²) in [7, 11) is 0. The maximum atomic E-state index is 12.4. The van der Waals surface area contributed by atoms with Crippen LogP contribution in [0.15, 0.2) is 35.5 Å². The molecule has 0 radical (unpaired) electrons. The van der Waals surface area contributed by atoms with Crippen molar-refractivity contribution in [2.45, 2.75) is 19.9 Å². The minimum absolute atomic E-state index is 0.334. The van der Waals surface area contributed by atoms with Crippen LogP contribution in [0.2, 0.25) is 0 Å². The van der Waals surface area contributed by atoms with E-state index >= 15 is 0 Å². The Morgan fingerprint density at radius 2 is 2.00 bits per heavy atom. The van der Waals surface area contributed by atoms with Crippen molar-refractivity contribution in [3.63, 3.8) is 0 Å². The first-order valence-electron chi connectivity index (χ1n) is 7.74. The average Bonchev–Trinajstić information content (AvgIpc) is 2.55. The monoisotopic (exact) mass is 350 g/mol. The van der Waals surface area contributed by atoms with Crippen molar-refractivity contribution in [3.8, 4) is 5.75 Å². The zero-order valence-corrected chi connectivity index (χ0v) is 14.9. The lowest BCUT2D eigenvalue weighted by Crippen LogP contribution is -2.45. The van der Waals surface area contributed by atoms with E-state index in [-0.39, 0.29) is 6.03 Å². The molecule has 1 aliphatic rings. The number of esters is 1. The quantitative estimate of drug-likeness (QED) is 0.584. The Labute approximate surface area is 146 Å². The normalized spacial score (nSPS) is 17.1. The van der Waals surface area contributed by atoms with Crippen LogP contribution < -0.4 is 15.4 Å². The van der Waals surface area contributed by atoms with Gasteiger partial charge in [0.05, 0.1) is 18.2 Å². The second-order valence-corrected chi connectivity index (χ2v) is 6.19. The molecule has 1 unspecified atom stereocenters. The van der Waals surface area contributed by atoms with E-state index in [1.807, 2.05) is 37.4 Å². The van der Waals surface area contributed by atoms with E-state index < -0.39 is 12.0 Å². The number of hydrogen-bond acceptors (Lipinski definition) is 5. The lowest BCUT2D eigenvalue weighted by Gasteiger charge is -2.28. The number of nitrogens with one attached hydrogen (secondary N) is 2. The van der Waals surface area contributed by atoms with E-state index in [1.165, 1.54) is 0 Å². The van der Waals surface area contributed by atoms with Gasteiger partial charge in [0, 0.05) is 11.4 Å². The molecule has 1 aliphatic heterocycles. The second kappa shape index (κ2) is 8.63. The van der Waals surface area contributed by atoms with Crippen LogP contribution in [0.25, 0.3) is 0 Å². The second-order valence-electron chi connectivity index (χ2n) is 5.20. The Bertz CT molecular complexity index is 628. The van der Waals surface area contributed by atoms with Crippen LogP contribution in [0, 0.1) is 0 Å². The minimum atomic E-state index is -0.545. The Balaban J connectivity index is 2.25. The summed E-state index contributed by atoms with van der Waals surface area (Å²) in [6.45, 7) is 4.53. The van der Waals surface area contributed by atoms with Crippen LogP contribution in [-0.2, 0) is 9.53 Å². The molecule has 130 valence electrons. The van der Waals surface area contributed by atoms with Crippen LogP contribution in [0.4, 0.5) is 4.79 Å². The van der Waals surface area contributed by atoms with E-state index in [1.54, 1.807) is 18.7 Å². The molecule has 1 atom stereocenters. The van der Waals surface area contributed by atoms with E-state index in [0.717, 1.165) is 17.1 Å². The molecule has 24 heavy (non-hydrogen) atoms. The Hall–Kier alpha value is -2.15. The van der Waals surface area contributed by atoms with Crippen LogP contribution >= 0.6 is 11.8 Å². The fourth-order valence-corrected chi connectivity index (χ4v) is 2.68. The molecule has 2 rings (SSSR count). The molecule has 1 heterocycles. The lowest BCUT2D eigenvalue weighted by atomic mass is 9.95. The lowest BCUT2D eigenvalue weighted by molar-refractivity contribution is -0.138. The highest BCUT2D eigenvalue weighted by molar-refractivity contribution is 7.98. The van der Waals surface area contributed by atoms with Gasteiger partial charge in [-0.25, -0.2) is 9.59 Å². The van der Waals surface area contributed by atoms with Gasteiger partial charge in [0.15, 0.2) is 0 Å². The van der Waals surface area contributed by atoms with Crippen molar-refractivity contribution in [2.24, 2.45) is 0 Å². The van der Waals surface area contributed by atoms with Crippen molar-refractivity contribution in [1.29, 1.82) is 0 Å². The van der Waals surface area contributed by atoms with Crippen LogP contribution in [0.3, 0.4) is 0 Å². The van der Waals surface area contributed by atoms with Crippen molar-refractivity contribution in [2.75, 3.05) is 25.2 Å². The number of amides is 2. The Kier molecular flexibility index (Phi) is 6.54. The highest BCUT2D eigenvalue weighted by Crippen LogP contribution is 2.28. The third-order valence-corrected chi connectivity index (χ3v) is 4.11. The minimum Gasteiger partial charge on any atom is -0.494 e. The topological polar surface area (TPSA) is 76.7 Å². The molecule has 2 amide bonds. The number of thioether (sulfide) groups is 1. The smallest absolute Gasteiger partial charge is 0.338 e. The zero-order valence-electron chi connectivity index (χ0n) is 14.0. The third kappa shape index (κ3) is 4.44. The van der Waals surface area contributed by atoms with Gasteiger partial charge < -0.3 is 20.1 Å². The van der Waals surface area contributed by atoms with Gasteiger partial charge in [-0.3, -0.25) is 0 Å². The number of allylic oxidation sites excluding steroid dienone is 1. The molecule has 0 aromatic heterocycles. The highest BCUT2D eigenvalue weighted by atomic mass is 32.2. The molecule has 0 aliphatic carbocycles. The SMILES string of the molecule is CCOc1ccc(C2NC(=O)NC(C)=C2C(=O)OCCSC)cc1. The van der Waals surface area contributed by atoms with Gasteiger partial charge in [-0.05, 0) is 37.8 Å². The molecule has 0 spiro atoms. The van der Waals surface area contributed by atoms with E-state index in [2.05, 4.69) is 10.6 Å². The molecule has 1 aromatic carbocycles. The molecular formula is C17H22N2O4S. The predicted molar refractivity (Wildman–Crippen MR) is 94.1 cm³/mol. The first-order valence-corrected chi connectivity index (χ1v) is 9.13. The third-order valence-electron chi connectivity index (χ3n) is 3.53. The summed E-state index contributed by atoms with van der Waals surface area (Å²) < 4.78 is 10.7. The van der Waals surface area contributed by atoms with E-state index in [9.17, 15) is 9.59 Å². The van der Waals surface area contributed by atoms with Gasteiger partial charge in [0.2, 0.25) is 0 Å². The summed E-state index contributed by atoms with van der Waals surface area (Å²) in [4.78, 5) is 24.3. The summed E-state index contributed by atoms with van der Waals surface area (Å²) in [5.41, 5.74) is 1.72. The summed E-state index contributed by atoms with van der Waals surface area (Å²) in [6.07, 6.45) is 1.95. The number of hydrogen-bond donors (Lipinski definition) is 2. The highest BCUT2D eigenvalue weighted by Gasteiger charge is 2.32. The van der Waals surface area contributed by atoms with Crippen molar-refractivity contribution in [3.05, 3.63) is 41.1 Å². The number of rotatable bonds is 7. The fourth-order valence-electron chi connectivity index (χ4n) is 2.43. The molecule has 1 aromatic rings. The first-order chi connectivity index (χ1) is 11.6. The summed E-state index contributed by atoms with van der Waals surface area (Å²) >= 11 is 1.60. The van der Waals surface area contributed by atoms with E-state index in [0.29, 0.717) is 24.5 Å². The number of carbonyl (C=O) groups excluding carboxylic acids is 2. The molecule has 2 N–H and O–H groups in total. The van der Waals surface area contributed by atoms with Gasteiger partial charge in [-0.15, -0.1) is 0 Å². The summed E-state index contributed by atoms with van der Waals surface area (Å²) in [5, 5.41) is 5.41. The van der Waals surface area contributed by atoms with Crippen LogP contribution in [0.1, 0.15) is 25.5 Å². The van der Waals surface area contributed by atoms with Crippen LogP contribution in [0.5, 0.6) is 5.75 Å². The van der Waals surface area contributed by atoms with Crippen molar-refractivity contribution in [1.82, 2.24) is 10.6 Å². The fraction of sp³-hybridized carbons (Fsp3) is 0.412. The predicted octanol–water partition coefficient (Wildman–Crippen LogP) is 2.62. The molecule has 6 nitrogen and oxygen atoms in total. The zero-order chi connectivity index (χ0) is 17.5. The molecule has 0 saturated carbocycles. The van der Waals surface area contributed by atoms with E-state index in [4.69, 9.17) is 9.47 Å². The molecular weight excluding hydrogens is 328 g/mol. The average molecular weight is 350 g/mol. The van der Waals surface area contributed by atoms with Crippen molar-refractivity contribution >= 4 is 23.8 Å². The first kappa shape index (κ1) is 18.2. The number of urea groups is 1. The van der Waals surface area contributed by atoms with Crippen LogP contribution in [-0.4, -0.2) is 37.2 Å². The largest absolute Gasteiger partial charge is 0.494 e. The van der Waals surface area contributed by atoms with Gasteiger partial charge >= 0.3 is 12.0 Å². The number of benzene rings is 1. The van der Waals surface area contributed by atoms with Gasteiger partial charge in [-0.1, -0.05) is 12.1 Å². The Morgan fingerprint density at radius 1 is 1.29 bits per heavy atom. The maximum absolute atomic E-state index is 12.4. The van der Waals surface area contributed by atoms with Crippen molar-refractivity contribution < 1.29 is 19.1 Å². The molecule has 7 heteroatoms. The number of carbonyl (C=O) groups is 2. The maximum Gasteiger partial charge on any atom is 0.338 e. The van der Waals surface area contributed by atoms with Gasteiger partial charge in [0.1, 0.15) is 12.4 Å². The Morgan fingerprint density at radius 3 is 2.62 bits per heavy atom. The number of ether oxygens (including phenoxy) is 2. The molecule has 0 saturated heterocycles. The van der Waals surface area contributed by atoms with Gasteiger partial charge in [0.25, 0.3) is 0 Å². The summed E-state index contributed by atoms with van der Waals surface area (Å²) in [5.74, 6) is 1.05. The van der Waals surface area contributed by atoms with Gasteiger partial charge in [-0.2, -0.15) is 11.8 Å².